The van der Waals surface area contributed by atoms with Crippen LogP contribution in [-0.2, 0) is 20.7 Å². The first-order valence-corrected chi connectivity index (χ1v) is 5.22. The second-order valence-corrected chi connectivity index (χ2v) is 3.66. The van der Waals surface area contributed by atoms with Gasteiger partial charge < -0.3 is 10.1 Å². The highest BCUT2D eigenvalue weighted by atomic mass is 16.5. The lowest BCUT2D eigenvalue weighted by Crippen LogP contribution is -2.18. The fraction of sp³-hybridized carbons (Fsp3) is 0.231. The van der Waals surface area contributed by atoms with E-state index in [1.54, 1.807) is 12.1 Å². The predicted molar refractivity (Wildman–Crippen MR) is 62.3 cm³/mol. The zero-order valence-electron chi connectivity index (χ0n) is 9.37. The maximum absolute atomic E-state index is 11.2. The molecule has 1 aromatic rings. The molecule has 0 radical (unpaired) electrons. The lowest BCUT2D eigenvalue weighted by Gasteiger charge is -2.16. The molecular weight excluding hydrogens is 218 g/mol. The number of anilines is 1. The van der Waals surface area contributed by atoms with Crippen LogP contribution in [0.2, 0.25) is 0 Å². The van der Waals surface area contributed by atoms with Crippen molar-refractivity contribution in [3.63, 3.8) is 0 Å². The molecule has 17 heavy (non-hydrogen) atoms. The van der Waals surface area contributed by atoms with Crippen LogP contribution in [0.5, 0.6) is 0 Å². The molecule has 1 aliphatic heterocycles. The van der Waals surface area contributed by atoms with E-state index >= 15 is 0 Å². The van der Waals surface area contributed by atoms with Crippen LogP contribution in [0.1, 0.15) is 17.5 Å². The molecule has 1 heterocycles. The second-order valence-electron chi connectivity index (χ2n) is 3.66. The van der Waals surface area contributed by atoms with E-state index in [9.17, 15) is 9.59 Å². The Morgan fingerprint density at radius 3 is 3.00 bits per heavy atom. The number of aryl methyl sites for hydroxylation is 1. The topological polar surface area (TPSA) is 55.4 Å². The van der Waals surface area contributed by atoms with Gasteiger partial charge in [-0.3, -0.25) is 4.79 Å². The Labute approximate surface area is 99.0 Å². The number of benzene rings is 1. The molecule has 4 heteroatoms. The van der Waals surface area contributed by atoms with Gasteiger partial charge in [-0.05, 0) is 30.2 Å². The fourth-order valence-corrected chi connectivity index (χ4v) is 1.64. The molecule has 0 saturated carbocycles. The largest absolute Gasteiger partial charge is 0.459 e. The Morgan fingerprint density at radius 2 is 2.24 bits per heavy atom. The average molecular weight is 229 g/mol. The standard InChI is InChI=1S/C13H11NO3/c1-17-13(16)7-3-9-2-5-11-10(8-9)4-6-12(15)14-11/h2,5,8H,4,6H2,1H3,(H,14,15). The third-order valence-electron chi connectivity index (χ3n) is 2.50. The van der Waals surface area contributed by atoms with Crippen molar-refractivity contribution in [1.29, 1.82) is 0 Å². The van der Waals surface area contributed by atoms with Crippen molar-refractivity contribution < 1.29 is 14.3 Å². The van der Waals surface area contributed by atoms with E-state index < -0.39 is 5.97 Å². The zero-order valence-corrected chi connectivity index (χ0v) is 9.37. The molecule has 1 aliphatic rings. The van der Waals surface area contributed by atoms with Crippen LogP contribution < -0.4 is 5.32 Å². The van der Waals surface area contributed by atoms with E-state index in [4.69, 9.17) is 0 Å². The van der Waals surface area contributed by atoms with E-state index in [1.165, 1.54) is 7.11 Å². The molecule has 86 valence electrons. The number of hydrogen-bond acceptors (Lipinski definition) is 3. The Hall–Kier alpha value is -2.28. The minimum atomic E-state index is -0.559. The van der Waals surface area contributed by atoms with Gasteiger partial charge in [0.1, 0.15) is 0 Å². The number of amides is 1. The molecule has 1 amide bonds. The molecule has 1 N–H and O–H groups in total. The summed E-state index contributed by atoms with van der Waals surface area (Å²) in [5.41, 5.74) is 2.61. The van der Waals surface area contributed by atoms with Crippen LogP contribution >= 0.6 is 0 Å². The van der Waals surface area contributed by atoms with Crippen LogP contribution in [0.15, 0.2) is 18.2 Å². The molecular formula is C13H11NO3. The lowest BCUT2D eigenvalue weighted by molar-refractivity contribution is -0.133. The van der Waals surface area contributed by atoms with Gasteiger partial charge in [0, 0.05) is 23.6 Å². The quantitative estimate of drug-likeness (QED) is 0.535. The third kappa shape index (κ3) is 2.64. The van der Waals surface area contributed by atoms with Crippen LogP contribution in [0.3, 0.4) is 0 Å². The van der Waals surface area contributed by atoms with E-state index in [1.807, 2.05) is 6.07 Å². The summed E-state index contributed by atoms with van der Waals surface area (Å²) in [6.07, 6.45) is 1.19. The first-order chi connectivity index (χ1) is 8.19. The average Bonchev–Trinajstić information content (AvgIpc) is 2.35. The van der Waals surface area contributed by atoms with E-state index in [0.29, 0.717) is 12.8 Å². The van der Waals surface area contributed by atoms with Crippen LogP contribution in [-0.4, -0.2) is 19.0 Å². The summed E-state index contributed by atoms with van der Waals surface area (Å²) in [5, 5.41) is 2.78. The molecule has 0 aliphatic carbocycles. The van der Waals surface area contributed by atoms with Crippen molar-refractivity contribution in [2.45, 2.75) is 12.8 Å². The summed E-state index contributed by atoms with van der Waals surface area (Å²) < 4.78 is 4.43. The SMILES string of the molecule is COC(=O)C#Cc1ccc2c(c1)CCC(=O)N2. The number of rotatable bonds is 0. The van der Waals surface area contributed by atoms with Gasteiger partial charge in [-0.1, -0.05) is 5.92 Å². The molecule has 1 aromatic carbocycles. The van der Waals surface area contributed by atoms with Crippen molar-refractivity contribution in [1.82, 2.24) is 0 Å². The van der Waals surface area contributed by atoms with Crippen molar-refractivity contribution >= 4 is 17.6 Å². The Balaban J connectivity index is 2.24. The van der Waals surface area contributed by atoms with Crippen molar-refractivity contribution in [2.75, 3.05) is 12.4 Å². The molecule has 0 fully saturated rings. The second kappa shape index (κ2) is 4.71. The number of nitrogens with one attached hydrogen (secondary N) is 1. The molecule has 0 bridgehead atoms. The summed E-state index contributed by atoms with van der Waals surface area (Å²) in [4.78, 5) is 22.0. The number of hydrogen-bond donors (Lipinski definition) is 1. The predicted octanol–water partition coefficient (Wildman–Crippen LogP) is 1.10. The van der Waals surface area contributed by atoms with Gasteiger partial charge in [0.05, 0.1) is 7.11 Å². The number of esters is 1. The smallest absolute Gasteiger partial charge is 0.384 e. The normalized spacial score (nSPS) is 12.9. The van der Waals surface area contributed by atoms with Crippen molar-refractivity contribution in [3.8, 4) is 11.8 Å². The molecule has 0 spiro atoms. The highest BCUT2D eigenvalue weighted by Gasteiger charge is 2.14. The summed E-state index contributed by atoms with van der Waals surface area (Å²) in [5.74, 6) is 4.56. The Bertz CT molecular complexity index is 537. The highest BCUT2D eigenvalue weighted by Crippen LogP contribution is 2.23. The Kier molecular flexibility index (Phi) is 3.10. The third-order valence-corrected chi connectivity index (χ3v) is 2.50. The molecule has 0 aromatic heterocycles. The summed E-state index contributed by atoms with van der Waals surface area (Å²) in [6, 6.07) is 5.44. The van der Waals surface area contributed by atoms with E-state index in [0.717, 1.165) is 16.8 Å². The van der Waals surface area contributed by atoms with E-state index in [-0.39, 0.29) is 5.91 Å². The Morgan fingerprint density at radius 1 is 1.41 bits per heavy atom. The van der Waals surface area contributed by atoms with Crippen molar-refractivity contribution in [2.24, 2.45) is 0 Å². The molecule has 2 rings (SSSR count). The van der Waals surface area contributed by atoms with Gasteiger partial charge >= 0.3 is 5.97 Å². The van der Waals surface area contributed by atoms with Gasteiger partial charge in [0.2, 0.25) is 5.91 Å². The maximum atomic E-state index is 11.2. The van der Waals surface area contributed by atoms with Crippen LogP contribution in [0, 0.1) is 11.8 Å². The number of fused-ring (bicyclic) bond motifs is 1. The first-order valence-electron chi connectivity index (χ1n) is 5.22. The monoisotopic (exact) mass is 229 g/mol. The summed E-state index contributed by atoms with van der Waals surface area (Å²) in [7, 11) is 1.29. The minimum absolute atomic E-state index is 0.0332. The highest BCUT2D eigenvalue weighted by molar-refractivity contribution is 5.94. The van der Waals surface area contributed by atoms with Gasteiger partial charge in [-0.15, -0.1) is 0 Å². The minimum Gasteiger partial charge on any atom is -0.459 e. The van der Waals surface area contributed by atoms with Gasteiger partial charge in [-0.2, -0.15) is 0 Å². The van der Waals surface area contributed by atoms with Crippen LogP contribution in [0.4, 0.5) is 5.69 Å². The fourth-order valence-electron chi connectivity index (χ4n) is 1.64. The number of carbonyl (C=O) groups is 2. The van der Waals surface area contributed by atoms with Crippen molar-refractivity contribution in [3.05, 3.63) is 29.3 Å². The van der Waals surface area contributed by atoms with Gasteiger partial charge in [0.15, 0.2) is 0 Å². The molecule has 0 unspecified atom stereocenters. The summed E-state index contributed by atoms with van der Waals surface area (Å²) >= 11 is 0. The zero-order chi connectivity index (χ0) is 12.3. The maximum Gasteiger partial charge on any atom is 0.384 e. The number of methoxy groups -OCH3 is 1. The number of ether oxygens (including phenoxy) is 1. The lowest BCUT2D eigenvalue weighted by atomic mass is 10.0. The van der Waals surface area contributed by atoms with Crippen LogP contribution in [0.25, 0.3) is 0 Å². The summed E-state index contributed by atoms with van der Waals surface area (Å²) in [6.45, 7) is 0. The van der Waals surface area contributed by atoms with Gasteiger partial charge in [-0.25, -0.2) is 4.79 Å². The first kappa shape index (κ1) is 11.2. The number of carbonyl (C=O) groups excluding carboxylic acids is 2. The molecule has 4 nitrogen and oxygen atoms in total. The molecule has 0 atom stereocenters. The van der Waals surface area contributed by atoms with Gasteiger partial charge in [0.25, 0.3) is 0 Å². The molecule has 0 saturated heterocycles. The van der Waals surface area contributed by atoms with E-state index in [2.05, 4.69) is 21.9 Å².